The quantitative estimate of drug-likeness (QED) is 0.692. The van der Waals surface area contributed by atoms with Crippen molar-refractivity contribution in [2.75, 3.05) is 32.5 Å². The predicted molar refractivity (Wildman–Crippen MR) is 130 cm³/mol. The van der Waals surface area contributed by atoms with Crippen LogP contribution in [-0.4, -0.2) is 60.1 Å². The fourth-order valence-corrected chi connectivity index (χ4v) is 5.62. The van der Waals surface area contributed by atoms with E-state index in [0.29, 0.717) is 35.7 Å². The zero-order chi connectivity index (χ0) is 24.7. The molecule has 0 atom stereocenters. The molecule has 3 heterocycles. The van der Waals surface area contributed by atoms with Gasteiger partial charge in [-0.1, -0.05) is 19.9 Å². The fraction of sp³-hybridized carbons (Fsp3) is 0.458. The lowest BCUT2D eigenvalue weighted by atomic mass is 9.77. The average Bonchev–Trinajstić information content (AvgIpc) is 3.27. The molecule has 0 spiro atoms. The van der Waals surface area contributed by atoms with E-state index >= 15 is 0 Å². The van der Waals surface area contributed by atoms with E-state index < -0.39 is 10.2 Å². The number of allylic oxidation sites excluding steroid dienone is 2. The van der Waals surface area contributed by atoms with Crippen molar-refractivity contribution in [1.29, 1.82) is 5.26 Å². The van der Waals surface area contributed by atoms with Gasteiger partial charge in [0.25, 0.3) is 16.1 Å². The van der Waals surface area contributed by atoms with Crippen molar-refractivity contribution in [2.45, 2.75) is 39.0 Å². The Hall–Kier alpha value is -3.00. The molecule has 34 heavy (non-hydrogen) atoms. The molecule has 0 aromatic carbocycles. The van der Waals surface area contributed by atoms with Crippen LogP contribution in [0.1, 0.15) is 66.5 Å². The minimum atomic E-state index is -3.44. The van der Waals surface area contributed by atoms with Gasteiger partial charge in [0.1, 0.15) is 11.8 Å². The molecule has 10 heteroatoms. The number of carbonyl (C=O) groups is 1. The number of hydrogen-bond donors (Lipinski definition) is 2. The summed E-state index contributed by atoms with van der Waals surface area (Å²) in [5.74, 6) is -0.443. The van der Waals surface area contributed by atoms with Crippen molar-refractivity contribution >= 4 is 27.4 Å². The molecule has 0 saturated carbocycles. The molecular formula is C24H30N6O3S. The molecule has 180 valence electrons. The monoisotopic (exact) mass is 482 g/mol. The van der Waals surface area contributed by atoms with Gasteiger partial charge in [-0.15, -0.1) is 0 Å². The second kappa shape index (κ2) is 8.98. The van der Waals surface area contributed by atoms with Gasteiger partial charge in [0.05, 0.1) is 16.9 Å². The van der Waals surface area contributed by atoms with E-state index in [1.165, 1.54) is 20.9 Å². The fourth-order valence-electron chi connectivity index (χ4n) is 4.41. The van der Waals surface area contributed by atoms with Crippen molar-refractivity contribution in [3.8, 4) is 6.07 Å². The van der Waals surface area contributed by atoms with Crippen molar-refractivity contribution in [3.63, 3.8) is 0 Å². The number of H-pyrrole nitrogens is 1. The zero-order valence-corrected chi connectivity index (χ0v) is 20.7. The molecule has 9 nitrogen and oxygen atoms in total. The van der Waals surface area contributed by atoms with E-state index in [-0.39, 0.29) is 17.2 Å². The molecule has 0 radical (unpaired) electrons. The first kappa shape index (κ1) is 24.1. The smallest absolute Gasteiger partial charge is 0.281 e. The number of nitrogens with zero attached hydrogens (tertiary/aromatic N) is 4. The molecule has 1 aliphatic heterocycles. The molecule has 4 rings (SSSR count). The third kappa shape index (κ3) is 4.78. The normalized spacial score (nSPS) is 21.0. The molecule has 2 aromatic heterocycles. The van der Waals surface area contributed by atoms with Gasteiger partial charge in [-0.2, -0.15) is 22.3 Å². The van der Waals surface area contributed by atoms with Crippen LogP contribution in [0.3, 0.4) is 0 Å². The van der Waals surface area contributed by atoms with Crippen LogP contribution >= 0.6 is 0 Å². The van der Waals surface area contributed by atoms with Crippen LogP contribution in [0.25, 0.3) is 5.57 Å². The minimum Gasteiger partial charge on any atom is -0.356 e. The number of likely N-dealkylation sites (N-methyl/N-ethyl adjacent to an activating group) is 2. The number of aromatic amines is 1. The molecule has 1 aliphatic carbocycles. The lowest BCUT2D eigenvalue weighted by Crippen LogP contribution is -2.49. The van der Waals surface area contributed by atoms with Crippen molar-refractivity contribution in [2.24, 2.45) is 5.41 Å². The number of amides is 1. The van der Waals surface area contributed by atoms with E-state index in [0.717, 1.165) is 30.5 Å². The second-order valence-electron chi connectivity index (χ2n) is 9.86. The Balaban J connectivity index is 1.68. The minimum absolute atomic E-state index is 0.0933. The number of hydrogen-bond acceptors (Lipinski definition) is 5. The summed E-state index contributed by atoms with van der Waals surface area (Å²) < 4.78 is 27.4. The molecule has 1 saturated heterocycles. The van der Waals surface area contributed by atoms with Crippen LogP contribution in [0.5, 0.6) is 0 Å². The first-order valence-corrected chi connectivity index (χ1v) is 12.7. The van der Waals surface area contributed by atoms with E-state index in [1.807, 2.05) is 18.2 Å². The van der Waals surface area contributed by atoms with E-state index in [4.69, 9.17) is 10.2 Å². The number of pyridine rings is 1. The lowest BCUT2D eigenvalue weighted by molar-refractivity contribution is 0.102. The van der Waals surface area contributed by atoms with Gasteiger partial charge in [0, 0.05) is 45.0 Å². The van der Waals surface area contributed by atoms with Gasteiger partial charge < -0.3 is 10.3 Å². The molecular weight excluding hydrogens is 452 g/mol. The van der Waals surface area contributed by atoms with Gasteiger partial charge in [-0.05, 0) is 48.4 Å². The van der Waals surface area contributed by atoms with Crippen LogP contribution in [0.4, 0.5) is 5.69 Å². The summed E-state index contributed by atoms with van der Waals surface area (Å²) in [6, 6.07) is 7.21. The number of anilines is 1. The number of carbonyl (C=O) groups excluding carboxylic acids is 1. The van der Waals surface area contributed by atoms with Crippen LogP contribution in [-0.2, 0) is 10.2 Å². The second-order valence-corrected chi connectivity index (χ2v) is 12.0. The van der Waals surface area contributed by atoms with Gasteiger partial charge in [0.15, 0.2) is 0 Å². The Morgan fingerprint density at radius 2 is 1.97 bits per heavy atom. The van der Waals surface area contributed by atoms with Gasteiger partial charge in [-0.25, -0.2) is 0 Å². The summed E-state index contributed by atoms with van der Waals surface area (Å²) in [5.41, 5.74) is 4.07. The third-order valence-corrected chi connectivity index (χ3v) is 8.53. The summed E-state index contributed by atoms with van der Waals surface area (Å²) in [5, 5.41) is 12.0. The van der Waals surface area contributed by atoms with Gasteiger partial charge in [-0.3, -0.25) is 9.78 Å². The summed E-state index contributed by atoms with van der Waals surface area (Å²) in [7, 11) is -0.286. The highest BCUT2D eigenvalue weighted by Gasteiger charge is 2.35. The molecule has 0 bridgehead atoms. The molecule has 2 N–H and O–H groups in total. The topological polar surface area (TPSA) is 122 Å². The largest absolute Gasteiger partial charge is 0.356 e. The maximum atomic E-state index is 12.8. The summed E-state index contributed by atoms with van der Waals surface area (Å²) in [6.07, 6.45) is 6.45. The highest BCUT2D eigenvalue weighted by molar-refractivity contribution is 7.86. The Kier molecular flexibility index (Phi) is 6.38. The Labute approximate surface area is 200 Å². The van der Waals surface area contributed by atoms with Crippen LogP contribution in [0.2, 0.25) is 0 Å². The Morgan fingerprint density at radius 3 is 2.56 bits per heavy atom. The molecule has 2 aromatic rings. The SMILES string of the molecule is CN1CC(c2ccc(NC(=O)c3cc(C#N)c[nH]3)c(C3=CCC(C)(C)CC3)n2)CN(C)S1(=O)=O. The molecule has 2 aliphatic rings. The maximum Gasteiger partial charge on any atom is 0.281 e. The third-order valence-electron chi connectivity index (χ3n) is 6.66. The number of rotatable bonds is 4. The van der Waals surface area contributed by atoms with Gasteiger partial charge in [0.2, 0.25) is 0 Å². The van der Waals surface area contributed by atoms with E-state index in [9.17, 15) is 13.2 Å². The van der Waals surface area contributed by atoms with E-state index in [2.05, 4.69) is 30.2 Å². The lowest BCUT2D eigenvalue weighted by Gasteiger charge is -2.35. The molecule has 1 amide bonds. The van der Waals surface area contributed by atoms with Crippen LogP contribution < -0.4 is 5.32 Å². The zero-order valence-electron chi connectivity index (χ0n) is 19.9. The Morgan fingerprint density at radius 1 is 1.26 bits per heavy atom. The number of nitriles is 1. The number of aromatic nitrogens is 2. The Bertz CT molecular complexity index is 1270. The molecule has 1 fully saturated rings. The van der Waals surface area contributed by atoms with Crippen LogP contribution in [0.15, 0.2) is 30.5 Å². The van der Waals surface area contributed by atoms with Gasteiger partial charge >= 0.3 is 0 Å². The summed E-state index contributed by atoms with van der Waals surface area (Å²) in [4.78, 5) is 20.6. The van der Waals surface area contributed by atoms with Crippen LogP contribution in [0, 0.1) is 16.7 Å². The van der Waals surface area contributed by atoms with E-state index in [1.54, 1.807) is 14.1 Å². The highest BCUT2D eigenvalue weighted by Crippen LogP contribution is 2.40. The maximum absolute atomic E-state index is 12.8. The predicted octanol–water partition coefficient (Wildman–Crippen LogP) is 3.33. The molecule has 0 unspecified atom stereocenters. The first-order chi connectivity index (χ1) is 16.0. The van der Waals surface area contributed by atoms with Crippen molar-refractivity contribution in [3.05, 3.63) is 53.1 Å². The average molecular weight is 483 g/mol. The number of nitrogens with one attached hydrogen (secondary N) is 2. The first-order valence-electron chi connectivity index (χ1n) is 11.3. The standard InChI is InChI=1S/C24H30N6O3S/c1-24(2)9-7-17(8-10-24)22-20(28-23(31)21-11-16(12-25)13-26-21)6-5-19(27-22)18-14-29(3)34(32,33)30(4)15-18/h5-7,11,13,18,26H,8-10,14-15H2,1-4H3,(H,28,31). The highest BCUT2D eigenvalue weighted by atomic mass is 32.2. The summed E-state index contributed by atoms with van der Waals surface area (Å²) in [6.45, 7) is 5.16. The van der Waals surface area contributed by atoms with Crippen molar-refractivity contribution in [1.82, 2.24) is 18.6 Å². The summed E-state index contributed by atoms with van der Waals surface area (Å²) >= 11 is 0. The van der Waals surface area contributed by atoms with Crippen molar-refractivity contribution < 1.29 is 13.2 Å².